The second-order valence-electron chi connectivity index (χ2n) is 4.84. The molecule has 1 aliphatic rings. The summed E-state index contributed by atoms with van der Waals surface area (Å²) in [7, 11) is 1.97. The van der Waals surface area contributed by atoms with Gasteiger partial charge in [-0.2, -0.15) is 5.26 Å². The summed E-state index contributed by atoms with van der Waals surface area (Å²) in [6, 6.07) is 6.50. The van der Waals surface area contributed by atoms with Crippen LogP contribution in [-0.4, -0.2) is 13.6 Å². The fourth-order valence-corrected chi connectivity index (χ4v) is 2.54. The number of nitrogens with zero attached hydrogens (tertiary/aromatic N) is 2. The molecular formula is C14H17FN2. The van der Waals surface area contributed by atoms with Gasteiger partial charge >= 0.3 is 0 Å². The highest BCUT2D eigenvalue weighted by Crippen LogP contribution is 2.27. The highest BCUT2D eigenvalue weighted by Gasteiger charge is 2.17. The van der Waals surface area contributed by atoms with Crippen LogP contribution in [0.4, 0.5) is 10.1 Å². The maximum Gasteiger partial charge on any atom is 0.126 e. The molecule has 0 spiro atoms. The minimum absolute atomic E-state index is 0.336. The molecule has 0 atom stereocenters. The van der Waals surface area contributed by atoms with Gasteiger partial charge in [0.2, 0.25) is 0 Å². The Morgan fingerprint density at radius 3 is 2.71 bits per heavy atom. The summed E-state index contributed by atoms with van der Waals surface area (Å²) >= 11 is 0. The normalized spacial score (nSPS) is 15.8. The number of nitriles is 1. The predicted octanol–water partition coefficient (Wildman–Crippen LogP) is 3.32. The van der Waals surface area contributed by atoms with Crippen LogP contribution in [0.5, 0.6) is 0 Å². The van der Waals surface area contributed by atoms with Gasteiger partial charge in [-0.15, -0.1) is 0 Å². The van der Waals surface area contributed by atoms with Crippen molar-refractivity contribution < 1.29 is 4.39 Å². The molecule has 1 fully saturated rings. The summed E-state index contributed by atoms with van der Waals surface area (Å²) in [6.45, 7) is 0.953. The van der Waals surface area contributed by atoms with Gasteiger partial charge in [-0.1, -0.05) is 12.8 Å². The van der Waals surface area contributed by atoms with Crippen molar-refractivity contribution in [2.24, 2.45) is 5.92 Å². The zero-order chi connectivity index (χ0) is 12.3. The molecule has 0 aromatic heterocycles. The molecule has 0 heterocycles. The van der Waals surface area contributed by atoms with Crippen LogP contribution in [0.1, 0.15) is 31.2 Å². The molecule has 2 rings (SSSR count). The van der Waals surface area contributed by atoms with E-state index in [1.807, 2.05) is 13.1 Å². The Labute approximate surface area is 102 Å². The number of hydrogen-bond acceptors (Lipinski definition) is 2. The molecule has 0 N–H and O–H groups in total. The van der Waals surface area contributed by atoms with Gasteiger partial charge in [0, 0.05) is 19.3 Å². The largest absolute Gasteiger partial charge is 0.374 e. The van der Waals surface area contributed by atoms with E-state index in [9.17, 15) is 4.39 Å². The predicted molar refractivity (Wildman–Crippen MR) is 66.3 cm³/mol. The molecule has 0 unspecified atom stereocenters. The average Bonchev–Trinajstić information content (AvgIpc) is 2.81. The second kappa shape index (κ2) is 5.18. The van der Waals surface area contributed by atoms with Gasteiger partial charge in [0.1, 0.15) is 5.82 Å². The minimum atomic E-state index is -0.336. The van der Waals surface area contributed by atoms with E-state index in [-0.39, 0.29) is 5.82 Å². The van der Waals surface area contributed by atoms with Crippen molar-refractivity contribution in [3.8, 4) is 6.07 Å². The first-order valence-corrected chi connectivity index (χ1v) is 6.11. The van der Waals surface area contributed by atoms with Crippen LogP contribution in [0, 0.1) is 23.1 Å². The van der Waals surface area contributed by atoms with Crippen molar-refractivity contribution in [3.63, 3.8) is 0 Å². The standard InChI is InChI=1S/C14H17FN2/c1-17(10-11-4-2-3-5-11)14-7-12(9-16)6-13(15)8-14/h6-8,11H,2-5,10H2,1H3. The fraction of sp³-hybridized carbons (Fsp3) is 0.500. The van der Waals surface area contributed by atoms with Crippen molar-refractivity contribution in [3.05, 3.63) is 29.6 Å². The van der Waals surface area contributed by atoms with Crippen molar-refractivity contribution in [1.82, 2.24) is 0 Å². The summed E-state index contributed by atoms with van der Waals surface area (Å²) in [4.78, 5) is 2.06. The molecule has 0 amide bonds. The molecular weight excluding hydrogens is 215 g/mol. The Bertz CT molecular complexity index is 430. The lowest BCUT2D eigenvalue weighted by Crippen LogP contribution is -2.24. The number of anilines is 1. The molecule has 90 valence electrons. The molecule has 1 aliphatic carbocycles. The molecule has 2 nitrogen and oxygen atoms in total. The van der Waals surface area contributed by atoms with E-state index in [2.05, 4.69) is 4.90 Å². The molecule has 3 heteroatoms. The summed E-state index contributed by atoms with van der Waals surface area (Å²) in [5.41, 5.74) is 1.19. The Hall–Kier alpha value is -1.56. The third-order valence-corrected chi connectivity index (χ3v) is 3.46. The summed E-state index contributed by atoms with van der Waals surface area (Å²) in [5.74, 6) is 0.381. The Morgan fingerprint density at radius 1 is 1.35 bits per heavy atom. The van der Waals surface area contributed by atoms with Gasteiger partial charge in [-0.05, 0) is 37.0 Å². The average molecular weight is 232 g/mol. The molecule has 0 aliphatic heterocycles. The van der Waals surface area contributed by atoms with Gasteiger partial charge in [0.25, 0.3) is 0 Å². The highest BCUT2D eigenvalue weighted by atomic mass is 19.1. The fourth-order valence-electron chi connectivity index (χ4n) is 2.54. The summed E-state index contributed by atoms with van der Waals surface area (Å²) in [6.07, 6.45) is 5.16. The van der Waals surface area contributed by atoms with Gasteiger partial charge in [0.15, 0.2) is 0 Å². The lowest BCUT2D eigenvalue weighted by molar-refractivity contribution is 0.546. The second-order valence-corrected chi connectivity index (χ2v) is 4.84. The van der Waals surface area contributed by atoms with Crippen molar-refractivity contribution in [2.75, 3.05) is 18.5 Å². The maximum absolute atomic E-state index is 13.3. The molecule has 0 saturated heterocycles. The zero-order valence-electron chi connectivity index (χ0n) is 10.1. The summed E-state index contributed by atoms with van der Waals surface area (Å²) < 4.78 is 13.3. The number of rotatable bonds is 3. The van der Waals surface area contributed by atoms with Crippen LogP contribution < -0.4 is 4.90 Å². The quantitative estimate of drug-likeness (QED) is 0.799. The lowest BCUT2D eigenvalue weighted by atomic mass is 10.1. The van der Waals surface area contributed by atoms with E-state index in [0.29, 0.717) is 11.5 Å². The van der Waals surface area contributed by atoms with E-state index < -0.39 is 0 Å². The Morgan fingerprint density at radius 2 is 2.06 bits per heavy atom. The molecule has 1 aromatic carbocycles. The Kier molecular flexibility index (Phi) is 3.63. The van der Waals surface area contributed by atoms with Gasteiger partial charge < -0.3 is 4.90 Å². The first-order chi connectivity index (χ1) is 8.19. The number of hydrogen-bond donors (Lipinski definition) is 0. The lowest BCUT2D eigenvalue weighted by Gasteiger charge is -2.23. The SMILES string of the molecule is CN(CC1CCCC1)c1cc(F)cc(C#N)c1. The van der Waals surface area contributed by atoms with Crippen LogP contribution in [0.2, 0.25) is 0 Å². The Balaban J connectivity index is 2.10. The van der Waals surface area contributed by atoms with Crippen molar-refractivity contribution >= 4 is 5.69 Å². The van der Waals surface area contributed by atoms with Crippen molar-refractivity contribution in [1.29, 1.82) is 5.26 Å². The maximum atomic E-state index is 13.3. The summed E-state index contributed by atoms with van der Waals surface area (Å²) in [5, 5.41) is 8.82. The van der Waals surface area contributed by atoms with Crippen LogP contribution >= 0.6 is 0 Å². The van der Waals surface area contributed by atoms with E-state index >= 15 is 0 Å². The number of benzene rings is 1. The first-order valence-electron chi connectivity index (χ1n) is 6.11. The smallest absolute Gasteiger partial charge is 0.126 e. The highest BCUT2D eigenvalue weighted by molar-refractivity contribution is 5.51. The third-order valence-electron chi connectivity index (χ3n) is 3.46. The van der Waals surface area contributed by atoms with E-state index in [4.69, 9.17) is 5.26 Å². The molecule has 1 aromatic rings. The molecule has 1 saturated carbocycles. The molecule has 0 bridgehead atoms. The van der Waals surface area contributed by atoms with Gasteiger partial charge in [-0.3, -0.25) is 0 Å². The molecule has 0 radical (unpaired) electrons. The van der Waals surface area contributed by atoms with Crippen LogP contribution in [0.15, 0.2) is 18.2 Å². The van der Waals surface area contributed by atoms with Gasteiger partial charge in [0.05, 0.1) is 11.6 Å². The van der Waals surface area contributed by atoms with Crippen LogP contribution in [0.3, 0.4) is 0 Å². The number of halogens is 1. The first kappa shape index (κ1) is 11.9. The van der Waals surface area contributed by atoms with E-state index in [0.717, 1.165) is 12.2 Å². The zero-order valence-corrected chi connectivity index (χ0v) is 10.1. The van der Waals surface area contributed by atoms with E-state index in [1.54, 1.807) is 6.07 Å². The minimum Gasteiger partial charge on any atom is -0.374 e. The van der Waals surface area contributed by atoms with Gasteiger partial charge in [-0.25, -0.2) is 4.39 Å². The van der Waals surface area contributed by atoms with Crippen molar-refractivity contribution in [2.45, 2.75) is 25.7 Å². The topological polar surface area (TPSA) is 27.0 Å². The third kappa shape index (κ3) is 2.97. The van der Waals surface area contributed by atoms with E-state index in [1.165, 1.54) is 37.8 Å². The molecule has 17 heavy (non-hydrogen) atoms. The van der Waals surface area contributed by atoms with Crippen LogP contribution in [0.25, 0.3) is 0 Å². The van der Waals surface area contributed by atoms with Crippen LogP contribution in [-0.2, 0) is 0 Å². The monoisotopic (exact) mass is 232 g/mol.